The molecular weight excluding hydrogens is 278 g/mol. The minimum Gasteiger partial charge on any atom is -0.328 e. The minimum atomic E-state index is 0.418. The lowest BCUT2D eigenvalue weighted by Gasteiger charge is -2.08. The fourth-order valence-electron chi connectivity index (χ4n) is 1.60. The molecule has 0 unspecified atom stereocenters. The van der Waals surface area contributed by atoms with E-state index in [1.807, 2.05) is 30.5 Å². The van der Waals surface area contributed by atoms with E-state index in [9.17, 15) is 0 Å². The van der Waals surface area contributed by atoms with Crippen molar-refractivity contribution in [1.82, 2.24) is 4.57 Å². The highest BCUT2D eigenvalue weighted by Crippen LogP contribution is 2.10. The van der Waals surface area contributed by atoms with E-state index in [1.165, 1.54) is 0 Å². The first-order valence-corrected chi connectivity index (χ1v) is 5.88. The summed E-state index contributed by atoms with van der Waals surface area (Å²) in [7, 11) is 0. The molecule has 0 atom stereocenters. The van der Waals surface area contributed by atoms with Crippen molar-refractivity contribution in [3.8, 4) is 6.07 Å². The van der Waals surface area contributed by atoms with Crippen LogP contribution in [0.2, 0.25) is 0 Å². The van der Waals surface area contributed by atoms with Crippen LogP contribution in [0.4, 0.5) is 0 Å². The number of hydrogen-bond acceptors (Lipinski definition) is 2. The summed E-state index contributed by atoms with van der Waals surface area (Å²) >= 11 is 3.38. The van der Waals surface area contributed by atoms with Crippen LogP contribution in [-0.4, -0.2) is 4.57 Å². The summed E-state index contributed by atoms with van der Waals surface area (Å²) in [4.78, 5) is 0. The number of benzene rings is 1. The molecule has 0 aliphatic heterocycles. The van der Waals surface area contributed by atoms with E-state index >= 15 is 0 Å². The van der Waals surface area contributed by atoms with Gasteiger partial charge >= 0.3 is 0 Å². The topological polar surface area (TPSA) is 52.6 Å². The van der Waals surface area contributed by atoms with Gasteiger partial charge in [0.15, 0.2) is 0 Å². The Morgan fingerprint density at radius 1 is 1.24 bits per heavy atom. The van der Waals surface area contributed by atoms with Gasteiger partial charge in [-0.15, -0.1) is 0 Å². The van der Waals surface area contributed by atoms with Crippen LogP contribution in [0.5, 0.6) is 0 Å². The molecule has 1 aromatic carbocycles. The Bertz CT molecular complexity index is 638. The Labute approximate surface area is 108 Å². The van der Waals surface area contributed by atoms with Crippen LogP contribution in [-0.2, 0) is 6.54 Å². The van der Waals surface area contributed by atoms with Crippen LogP contribution < -0.4 is 5.49 Å². The minimum absolute atomic E-state index is 0.418. The third-order valence-corrected chi connectivity index (χ3v) is 2.94. The van der Waals surface area contributed by atoms with Crippen molar-refractivity contribution in [2.45, 2.75) is 6.54 Å². The maximum Gasteiger partial charge on any atom is 0.125 e. The second kappa shape index (κ2) is 4.98. The molecule has 0 saturated heterocycles. The fraction of sp³-hybridized carbons (Fsp3) is 0.0769. The van der Waals surface area contributed by atoms with Gasteiger partial charge in [-0.05, 0) is 39.7 Å². The molecule has 84 valence electrons. The number of halogens is 1. The molecule has 2 rings (SSSR count). The molecule has 0 spiro atoms. The molecule has 1 heterocycles. The van der Waals surface area contributed by atoms with Crippen molar-refractivity contribution < 1.29 is 0 Å². The van der Waals surface area contributed by atoms with Crippen LogP contribution in [0.25, 0.3) is 0 Å². The van der Waals surface area contributed by atoms with E-state index < -0.39 is 0 Å². The molecule has 3 nitrogen and oxygen atoms in total. The number of pyridine rings is 1. The molecule has 0 radical (unpaired) electrons. The standard InChI is InChI=1S/C13H10BrN3/c14-12-5-6-13(16)17(9-12)8-11-4-2-1-3-10(11)7-15/h1-6,9,16H,8H2. The van der Waals surface area contributed by atoms with Crippen molar-refractivity contribution in [1.29, 1.82) is 10.7 Å². The van der Waals surface area contributed by atoms with Gasteiger partial charge in [-0.25, -0.2) is 0 Å². The highest BCUT2D eigenvalue weighted by Gasteiger charge is 2.02. The number of nitriles is 1. The van der Waals surface area contributed by atoms with Gasteiger partial charge < -0.3 is 4.57 Å². The Morgan fingerprint density at radius 2 is 2.00 bits per heavy atom. The SMILES string of the molecule is N#Cc1ccccc1Cn1cc(Br)ccc1=N. The van der Waals surface area contributed by atoms with Crippen molar-refractivity contribution in [3.05, 3.63) is 63.7 Å². The molecule has 0 fully saturated rings. The van der Waals surface area contributed by atoms with Crippen LogP contribution in [0.15, 0.2) is 47.1 Å². The number of aromatic nitrogens is 1. The van der Waals surface area contributed by atoms with Gasteiger partial charge in [-0.1, -0.05) is 18.2 Å². The number of hydrogen-bond donors (Lipinski definition) is 1. The van der Waals surface area contributed by atoms with Crippen molar-refractivity contribution in [3.63, 3.8) is 0 Å². The highest BCUT2D eigenvalue weighted by molar-refractivity contribution is 9.10. The summed E-state index contributed by atoms with van der Waals surface area (Å²) in [6.07, 6.45) is 1.84. The highest BCUT2D eigenvalue weighted by atomic mass is 79.9. The first-order valence-electron chi connectivity index (χ1n) is 5.09. The largest absolute Gasteiger partial charge is 0.328 e. The summed E-state index contributed by atoms with van der Waals surface area (Å²) in [5.74, 6) is 0. The van der Waals surface area contributed by atoms with Crippen molar-refractivity contribution in [2.24, 2.45) is 0 Å². The molecule has 0 aliphatic rings. The summed E-state index contributed by atoms with van der Waals surface area (Å²) in [6, 6.07) is 13.2. The van der Waals surface area contributed by atoms with E-state index in [1.54, 1.807) is 16.7 Å². The molecule has 1 aromatic heterocycles. The van der Waals surface area contributed by atoms with Crippen LogP contribution in [0.1, 0.15) is 11.1 Å². The second-order valence-electron chi connectivity index (χ2n) is 3.63. The predicted molar refractivity (Wildman–Crippen MR) is 68.2 cm³/mol. The average molecular weight is 288 g/mol. The summed E-state index contributed by atoms with van der Waals surface area (Å²) in [5, 5.41) is 16.8. The fourth-order valence-corrected chi connectivity index (χ4v) is 1.98. The molecule has 4 heteroatoms. The molecule has 0 aliphatic carbocycles. The normalized spacial score (nSPS) is 9.88. The lowest BCUT2D eigenvalue weighted by Crippen LogP contribution is -2.19. The van der Waals surface area contributed by atoms with Gasteiger partial charge in [0.25, 0.3) is 0 Å². The maximum absolute atomic E-state index is 9.00. The number of nitrogens with one attached hydrogen (secondary N) is 1. The molecule has 1 N–H and O–H groups in total. The second-order valence-corrected chi connectivity index (χ2v) is 4.55. The number of rotatable bonds is 2. The van der Waals surface area contributed by atoms with Gasteiger partial charge in [-0.3, -0.25) is 5.41 Å². The molecule has 0 saturated carbocycles. The zero-order chi connectivity index (χ0) is 12.3. The zero-order valence-corrected chi connectivity index (χ0v) is 10.6. The van der Waals surface area contributed by atoms with Gasteiger partial charge in [0.05, 0.1) is 18.2 Å². The third-order valence-electron chi connectivity index (χ3n) is 2.47. The van der Waals surface area contributed by atoms with Gasteiger partial charge in [-0.2, -0.15) is 5.26 Å². The molecule has 17 heavy (non-hydrogen) atoms. The van der Waals surface area contributed by atoms with E-state index in [-0.39, 0.29) is 0 Å². The Kier molecular flexibility index (Phi) is 3.40. The maximum atomic E-state index is 9.00. The van der Waals surface area contributed by atoms with Gasteiger partial charge in [0.1, 0.15) is 5.49 Å². The van der Waals surface area contributed by atoms with E-state index in [0.717, 1.165) is 10.0 Å². The number of nitrogens with zero attached hydrogens (tertiary/aromatic N) is 2. The Morgan fingerprint density at radius 3 is 2.76 bits per heavy atom. The third kappa shape index (κ3) is 2.63. The van der Waals surface area contributed by atoms with E-state index in [0.29, 0.717) is 17.6 Å². The Balaban J connectivity index is 2.42. The van der Waals surface area contributed by atoms with Crippen molar-refractivity contribution in [2.75, 3.05) is 0 Å². The lowest BCUT2D eigenvalue weighted by atomic mass is 10.1. The molecule has 0 amide bonds. The van der Waals surface area contributed by atoms with Crippen molar-refractivity contribution >= 4 is 15.9 Å². The quantitative estimate of drug-likeness (QED) is 0.907. The van der Waals surface area contributed by atoms with Gasteiger partial charge in [0.2, 0.25) is 0 Å². The van der Waals surface area contributed by atoms with E-state index in [2.05, 4.69) is 22.0 Å². The summed E-state index contributed by atoms with van der Waals surface area (Å²) < 4.78 is 2.71. The molecular formula is C13H10BrN3. The first-order chi connectivity index (χ1) is 8.20. The predicted octanol–water partition coefficient (Wildman–Crippen LogP) is 2.65. The molecule has 0 bridgehead atoms. The van der Waals surface area contributed by atoms with Crippen LogP contribution in [0.3, 0.4) is 0 Å². The summed E-state index contributed by atoms with van der Waals surface area (Å²) in [5.41, 5.74) is 1.99. The average Bonchev–Trinajstić information content (AvgIpc) is 2.34. The zero-order valence-electron chi connectivity index (χ0n) is 9.02. The summed E-state index contributed by atoms with van der Waals surface area (Å²) in [6.45, 7) is 0.530. The first kappa shape index (κ1) is 11.6. The van der Waals surface area contributed by atoms with Crippen LogP contribution >= 0.6 is 15.9 Å². The monoisotopic (exact) mass is 287 g/mol. The lowest BCUT2D eigenvalue weighted by molar-refractivity contribution is 0.727. The van der Waals surface area contributed by atoms with E-state index in [4.69, 9.17) is 10.7 Å². The Hall–Kier alpha value is -1.86. The van der Waals surface area contributed by atoms with Crippen LogP contribution in [0, 0.1) is 16.7 Å². The smallest absolute Gasteiger partial charge is 0.125 e. The van der Waals surface area contributed by atoms with Gasteiger partial charge in [0, 0.05) is 10.7 Å². The molecule has 2 aromatic rings.